The molecule has 0 spiro atoms. The summed E-state index contributed by atoms with van der Waals surface area (Å²) in [6.07, 6.45) is 0.734. The number of ether oxygens (including phenoxy) is 1. The highest BCUT2D eigenvalue weighted by atomic mass is 16.5. The number of hydrogen-bond acceptors (Lipinski definition) is 3. The molecule has 0 radical (unpaired) electrons. The molecule has 3 heteroatoms. The van der Waals surface area contributed by atoms with Gasteiger partial charge in [-0.3, -0.25) is 0 Å². The van der Waals surface area contributed by atoms with Crippen LogP contribution in [0, 0.1) is 23.7 Å². The lowest BCUT2D eigenvalue weighted by Gasteiger charge is -2.17. The molecule has 0 aliphatic carbocycles. The molecule has 19 heavy (non-hydrogen) atoms. The predicted molar refractivity (Wildman–Crippen MR) is 78.1 cm³/mol. The molecule has 0 aliphatic rings. The van der Waals surface area contributed by atoms with Gasteiger partial charge >= 0.3 is 0 Å². The number of nitriles is 1. The smallest absolute Gasteiger partial charge is 0.123 e. The first-order valence-corrected chi connectivity index (χ1v) is 6.83. The van der Waals surface area contributed by atoms with Gasteiger partial charge in [0.15, 0.2) is 0 Å². The number of rotatable bonds is 7. The quantitative estimate of drug-likeness (QED) is 0.817. The second-order valence-corrected chi connectivity index (χ2v) is 5.49. The lowest BCUT2D eigenvalue weighted by atomic mass is 9.92. The van der Waals surface area contributed by atoms with Crippen molar-refractivity contribution in [3.63, 3.8) is 0 Å². The van der Waals surface area contributed by atoms with E-state index in [1.54, 1.807) is 0 Å². The van der Waals surface area contributed by atoms with E-state index >= 15 is 0 Å². The molecule has 0 saturated carbocycles. The van der Waals surface area contributed by atoms with Crippen molar-refractivity contribution < 1.29 is 4.74 Å². The summed E-state index contributed by atoms with van der Waals surface area (Å²) < 4.78 is 5.84. The lowest BCUT2D eigenvalue weighted by Crippen LogP contribution is -2.15. The van der Waals surface area contributed by atoms with Crippen LogP contribution < -0.4 is 10.1 Å². The fraction of sp³-hybridized carbons (Fsp3) is 0.562. The van der Waals surface area contributed by atoms with E-state index in [9.17, 15) is 0 Å². The fourth-order valence-electron chi connectivity index (χ4n) is 1.72. The summed E-state index contributed by atoms with van der Waals surface area (Å²) in [7, 11) is 0. The second kappa shape index (κ2) is 7.16. The van der Waals surface area contributed by atoms with Crippen LogP contribution in [-0.2, 0) is 6.54 Å². The topological polar surface area (TPSA) is 45.0 Å². The van der Waals surface area contributed by atoms with Crippen LogP contribution in [-0.4, -0.2) is 13.2 Å². The molecule has 1 N–H and O–H groups in total. The highest BCUT2D eigenvalue weighted by Crippen LogP contribution is 2.23. The maximum Gasteiger partial charge on any atom is 0.123 e. The third-order valence-electron chi connectivity index (χ3n) is 3.07. The average Bonchev–Trinajstić information content (AvgIpc) is 2.38. The van der Waals surface area contributed by atoms with Gasteiger partial charge in [-0.25, -0.2) is 0 Å². The molecule has 1 aromatic carbocycles. The Morgan fingerprint density at radius 1 is 1.37 bits per heavy atom. The summed E-state index contributed by atoms with van der Waals surface area (Å²) >= 11 is 0. The van der Waals surface area contributed by atoms with E-state index in [1.807, 2.05) is 19.9 Å². The van der Waals surface area contributed by atoms with Crippen molar-refractivity contribution in [3.8, 4) is 11.8 Å². The van der Waals surface area contributed by atoms with E-state index in [2.05, 4.69) is 37.4 Å². The summed E-state index contributed by atoms with van der Waals surface area (Å²) in [5.41, 5.74) is 2.08. The third-order valence-corrected chi connectivity index (χ3v) is 3.07. The van der Waals surface area contributed by atoms with Crippen LogP contribution >= 0.6 is 0 Å². The number of benzene rings is 1. The third kappa shape index (κ3) is 5.32. The zero-order valence-corrected chi connectivity index (χ0v) is 12.4. The van der Waals surface area contributed by atoms with Gasteiger partial charge < -0.3 is 10.1 Å². The van der Waals surface area contributed by atoms with Gasteiger partial charge in [-0.05, 0) is 39.8 Å². The molecule has 1 aromatic rings. The molecule has 0 amide bonds. The van der Waals surface area contributed by atoms with Crippen molar-refractivity contribution in [3.05, 3.63) is 29.3 Å². The minimum absolute atomic E-state index is 0.327. The second-order valence-electron chi connectivity index (χ2n) is 5.49. The highest BCUT2D eigenvalue weighted by Gasteiger charge is 2.16. The molecule has 0 aromatic heterocycles. The zero-order chi connectivity index (χ0) is 14.3. The van der Waals surface area contributed by atoms with Crippen LogP contribution in [0.5, 0.6) is 5.75 Å². The molecule has 0 aliphatic heterocycles. The van der Waals surface area contributed by atoms with Crippen molar-refractivity contribution >= 4 is 0 Å². The molecule has 1 rings (SSSR count). The van der Waals surface area contributed by atoms with Gasteiger partial charge in [-0.2, -0.15) is 5.26 Å². The van der Waals surface area contributed by atoms with E-state index in [1.165, 1.54) is 11.1 Å². The maximum atomic E-state index is 8.98. The molecular weight excluding hydrogens is 236 g/mol. The molecular formula is C16H24N2O. The molecule has 0 saturated heterocycles. The van der Waals surface area contributed by atoms with Crippen molar-refractivity contribution in [2.75, 3.05) is 13.2 Å². The van der Waals surface area contributed by atoms with Gasteiger partial charge in [-0.1, -0.05) is 24.6 Å². The van der Waals surface area contributed by atoms with Gasteiger partial charge in [0.25, 0.3) is 0 Å². The number of nitrogens with zero attached hydrogens (tertiary/aromatic N) is 1. The van der Waals surface area contributed by atoms with Crippen LogP contribution in [0.4, 0.5) is 0 Å². The van der Waals surface area contributed by atoms with Crippen LogP contribution in [0.2, 0.25) is 0 Å². The Kier molecular flexibility index (Phi) is 5.85. The average molecular weight is 260 g/mol. The summed E-state index contributed by atoms with van der Waals surface area (Å²) in [5.74, 6) is 0.917. The summed E-state index contributed by atoms with van der Waals surface area (Å²) in [5, 5.41) is 12.3. The van der Waals surface area contributed by atoms with Crippen molar-refractivity contribution in [1.82, 2.24) is 5.32 Å². The number of aryl methyl sites for hydroxylation is 1. The van der Waals surface area contributed by atoms with E-state index in [0.717, 1.165) is 25.3 Å². The fourth-order valence-corrected chi connectivity index (χ4v) is 1.72. The monoisotopic (exact) mass is 260 g/mol. The van der Waals surface area contributed by atoms with Crippen LogP contribution in [0.25, 0.3) is 0 Å². The summed E-state index contributed by atoms with van der Waals surface area (Å²) in [4.78, 5) is 0. The lowest BCUT2D eigenvalue weighted by molar-refractivity contribution is 0.262. The minimum Gasteiger partial charge on any atom is -0.493 e. The standard InChI is InChI=1S/C16H24N2O/c1-5-18-11-14-10-13(2)6-7-15(14)19-9-8-16(3,4)12-17/h6-7,10,18H,5,8-9,11H2,1-4H3. The molecule has 3 nitrogen and oxygen atoms in total. The van der Waals surface area contributed by atoms with Crippen LogP contribution in [0.1, 0.15) is 38.3 Å². The number of hydrogen-bond donors (Lipinski definition) is 1. The minimum atomic E-state index is -0.327. The molecule has 0 unspecified atom stereocenters. The molecule has 0 fully saturated rings. The zero-order valence-electron chi connectivity index (χ0n) is 12.4. The normalized spacial score (nSPS) is 11.1. The Morgan fingerprint density at radius 2 is 2.11 bits per heavy atom. The summed E-state index contributed by atoms with van der Waals surface area (Å²) in [6, 6.07) is 8.51. The number of nitrogens with one attached hydrogen (secondary N) is 1. The van der Waals surface area contributed by atoms with Crippen molar-refractivity contribution in [2.45, 2.75) is 40.7 Å². The van der Waals surface area contributed by atoms with Crippen molar-refractivity contribution in [2.24, 2.45) is 5.41 Å². The van der Waals surface area contributed by atoms with E-state index in [4.69, 9.17) is 10.00 Å². The molecule has 0 bridgehead atoms. The Hall–Kier alpha value is -1.53. The first kappa shape index (κ1) is 15.5. The Balaban J connectivity index is 2.64. The maximum absolute atomic E-state index is 8.98. The van der Waals surface area contributed by atoms with Gasteiger partial charge in [0.05, 0.1) is 18.1 Å². The Labute approximate surface area is 116 Å². The van der Waals surface area contributed by atoms with E-state index in [0.29, 0.717) is 6.61 Å². The highest BCUT2D eigenvalue weighted by molar-refractivity contribution is 5.36. The van der Waals surface area contributed by atoms with Gasteiger partial charge in [-0.15, -0.1) is 0 Å². The molecule has 0 atom stereocenters. The predicted octanol–water partition coefficient (Wildman–Crippen LogP) is 3.42. The van der Waals surface area contributed by atoms with Gasteiger partial charge in [0.2, 0.25) is 0 Å². The summed E-state index contributed by atoms with van der Waals surface area (Å²) in [6.45, 7) is 10.4. The van der Waals surface area contributed by atoms with Crippen LogP contribution in [0.3, 0.4) is 0 Å². The van der Waals surface area contributed by atoms with Gasteiger partial charge in [0, 0.05) is 12.1 Å². The SMILES string of the molecule is CCNCc1cc(C)ccc1OCCC(C)(C)C#N. The Morgan fingerprint density at radius 3 is 2.74 bits per heavy atom. The molecule has 104 valence electrons. The first-order chi connectivity index (χ1) is 8.98. The van der Waals surface area contributed by atoms with Gasteiger partial charge in [0.1, 0.15) is 5.75 Å². The van der Waals surface area contributed by atoms with E-state index in [-0.39, 0.29) is 5.41 Å². The Bertz CT molecular complexity index is 447. The first-order valence-electron chi connectivity index (χ1n) is 6.83. The molecule has 0 heterocycles. The van der Waals surface area contributed by atoms with Crippen molar-refractivity contribution in [1.29, 1.82) is 5.26 Å². The van der Waals surface area contributed by atoms with E-state index < -0.39 is 0 Å². The largest absolute Gasteiger partial charge is 0.493 e. The van der Waals surface area contributed by atoms with Crippen LogP contribution in [0.15, 0.2) is 18.2 Å².